The number of halogens is 1. The number of benzene rings is 2. The Balaban J connectivity index is 1.34. The van der Waals surface area contributed by atoms with Gasteiger partial charge in [-0.3, -0.25) is 4.79 Å². The molecule has 0 radical (unpaired) electrons. The zero-order valence-electron chi connectivity index (χ0n) is 15.2. The number of aromatic nitrogens is 1. The van der Waals surface area contributed by atoms with Gasteiger partial charge in [-0.2, -0.15) is 0 Å². The van der Waals surface area contributed by atoms with E-state index in [0.717, 1.165) is 29.7 Å². The second-order valence-corrected chi connectivity index (χ2v) is 7.54. The molecule has 0 unspecified atom stereocenters. The molecule has 4 nitrogen and oxygen atoms in total. The van der Waals surface area contributed by atoms with Gasteiger partial charge in [-0.05, 0) is 49.6 Å². The molecule has 4 rings (SSSR count). The Morgan fingerprint density at radius 3 is 2.52 bits per heavy atom. The van der Waals surface area contributed by atoms with E-state index in [1.807, 2.05) is 55.5 Å². The summed E-state index contributed by atoms with van der Waals surface area (Å²) in [4.78, 5) is 17.2. The Labute approximate surface area is 163 Å². The fraction of sp³-hybridized carbons (Fsp3) is 0.273. The maximum atomic E-state index is 12.7. The average Bonchev–Trinajstić information content (AvgIpc) is 3.35. The van der Waals surface area contributed by atoms with Crippen molar-refractivity contribution in [2.45, 2.75) is 31.6 Å². The zero-order valence-corrected chi connectivity index (χ0v) is 15.9. The monoisotopic (exact) mass is 380 g/mol. The van der Waals surface area contributed by atoms with Crippen LogP contribution in [0.3, 0.4) is 0 Å². The number of hydrogen-bond acceptors (Lipinski definition) is 3. The topological polar surface area (TPSA) is 55.1 Å². The van der Waals surface area contributed by atoms with E-state index in [1.165, 1.54) is 5.56 Å². The third-order valence-corrected chi connectivity index (χ3v) is 5.35. The van der Waals surface area contributed by atoms with Gasteiger partial charge in [-0.15, -0.1) is 0 Å². The summed E-state index contributed by atoms with van der Waals surface area (Å²) in [5.74, 6) is 0.684. The van der Waals surface area contributed by atoms with Crippen LogP contribution in [0.5, 0.6) is 0 Å². The molecule has 1 N–H and O–H groups in total. The number of carbonyl (C=O) groups excluding carboxylic acids is 1. The lowest BCUT2D eigenvalue weighted by Gasteiger charge is -2.15. The predicted molar refractivity (Wildman–Crippen MR) is 106 cm³/mol. The summed E-state index contributed by atoms with van der Waals surface area (Å²) >= 11 is 5.95. The molecule has 0 aliphatic heterocycles. The fourth-order valence-corrected chi connectivity index (χ4v) is 3.39. The highest BCUT2D eigenvalue weighted by atomic mass is 35.5. The first-order chi connectivity index (χ1) is 13.1. The van der Waals surface area contributed by atoms with Gasteiger partial charge in [0.25, 0.3) is 0 Å². The lowest BCUT2D eigenvalue weighted by Crippen LogP contribution is -2.35. The molecule has 0 saturated heterocycles. The van der Waals surface area contributed by atoms with Crippen LogP contribution in [-0.2, 0) is 16.6 Å². The Morgan fingerprint density at radius 2 is 1.85 bits per heavy atom. The Hall–Kier alpha value is -2.59. The van der Waals surface area contributed by atoms with Gasteiger partial charge in [0.2, 0.25) is 11.8 Å². The smallest absolute Gasteiger partial charge is 0.230 e. The second kappa shape index (κ2) is 7.20. The van der Waals surface area contributed by atoms with Gasteiger partial charge in [0.05, 0.1) is 11.1 Å². The van der Waals surface area contributed by atoms with Gasteiger partial charge in [-0.1, -0.05) is 41.4 Å². The van der Waals surface area contributed by atoms with Crippen molar-refractivity contribution in [2.24, 2.45) is 0 Å². The Morgan fingerprint density at radius 1 is 1.15 bits per heavy atom. The molecule has 1 aromatic heterocycles. The van der Waals surface area contributed by atoms with E-state index >= 15 is 0 Å². The molecular weight excluding hydrogens is 360 g/mol. The fourth-order valence-electron chi connectivity index (χ4n) is 3.26. The van der Waals surface area contributed by atoms with E-state index in [9.17, 15) is 4.79 Å². The predicted octanol–water partition coefficient (Wildman–Crippen LogP) is 4.69. The molecule has 0 bridgehead atoms. The number of nitrogens with zero attached hydrogens (tertiary/aromatic N) is 1. The van der Waals surface area contributed by atoms with Crippen molar-refractivity contribution in [1.29, 1.82) is 0 Å². The third-order valence-electron chi connectivity index (χ3n) is 5.10. The minimum Gasteiger partial charge on any atom is -0.444 e. The van der Waals surface area contributed by atoms with Crippen LogP contribution in [-0.4, -0.2) is 17.4 Å². The highest BCUT2D eigenvalue weighted by molar-refractivity contribution is 6.30. The molecule has 1 saturated carbocycles. The van der Waals surface area contributed by atoms with Crippen molar-refractivity contribution in [2.75, 3.05) is 6.54 Å². The van der Waals surface area contributed by atoms with Crippen LogP contribution in [0.1, 0.15) is 29.7 Å². The lowest BCUT2D eigenvalue weighted by molar-refractivity contribution is -0.123. The number of aryl methyl sites for hydroxylation is 1. The molecule has 5 heteroatoms. The summed E-state index contributed by atoms with van der Waals surface area (Å²) in [6, 6.07) is 15.6. The summed E-state index contributed by atoms with van der Waals surface area (Å²) in [5.41, 5.74) is 3.63. The molecule has 1 aliphatic carbocycles. The van der Waals surface area contributed by atoms with Crippen molar-refractivity contribution >= 4 is 17.5 Å². The molecule has 2 aromatic carbocycles. The standard InChI is InChI=1S/C22H21ClN2O2/c1-15-2-4-16(5-3-15)20-25-19(14-27-20)10-13-24-21(26)22(11-12-22)17-6-8-18(23)9-7-17/h2-9,14H,10-13H2,1H3,(H,24,26). The number of amides is 1. The van der Waals surface area contributed by atoms with E-state index in [4.69, 9.17) is 16.0 Å². The summed E-state index contributed by atoms with van der Waals surface area (Å²) < 4.78 is 5.57. The quantitative estimate of drug-likeness (QED) is 0.674. The van der Waals surface area contributed by atoms with Crippen LogP contribution in [0, 0.1) is 6.92 Å². The number of hydrogen-bond donors (Lipinski definition) is 1. The summed E-state index contributed by atoms with van der Waals surface area (Å²) in [5, 5.41) is 3.74. The summed E-state index contributed by atoms with van der Waals surface area (Å²) in [6.07, 6.45) is 4.05. The highest BCUT2D eigenvalue weighted by Crippen LogP contribution is 2.48. The number of rotatable bonds is 6. The van der Waals surface area contributed by atoms with E-state index in [-0.39, 0.29) is 11.3 Å². The second-order valence-electron chi connectivity index (χ2n) is 7.10. The van der Waals surface area contributed by atoms with Gasteiger partial charge in [0.1, 0.15) is 6.26 Å². The Bertz CT molecular complexity index is 941. The number of oxazole rings is 1. The van der Waals surface area contributed by atoms with E-state index in [1.54, 1.807) is 6.26 Å². The van der Waals surface area contributed by atoms with E-state index in [2.05, 4.69) is 10.3 Å². The number of nitrogens with one attached hydrogen (secondary N) is 1. The van der Waals surface area contributed by atoms with Crippen molar-refractivity contribution in [1.82, 2.24) is 10.3 Å². The first-order valence-electron chi connectivity index (χ1n) is 9.13. The lowest BCUT2D eigenvalue weighted by atomic mass is 9.95. The maximum absolute atomic E-state index is 12.7. The maximum Gasteiger partial charge on any atom is 0.230 e. The summed E-state index contributed by atoms with van der Waals surface area (Å²) in [6.45, 7) is 2.58. The first kappa shape index (κ1) is 17.8. The third kappa shape index (κ3) is 3.76. The molecule has 27 heavy (non-hydrogen) atoms. The zero-order chi connectivity index (χ0) is 18.9. The molecular formula is C22H21ClN2O2. The average molecular weight is 381 g/mol. The molecule has 1 heterocycles. The van der Waals surface area contributed by atoms with Gasteiger partial charge in [-0.25, -0.2) is 4.98 Å². The van der Waals surface area contributed by atoms with Crippen molar-refractivity contribution < 1.29 is 9.21 Å². The van der Waals surface area contributed by atoms with Crippen molar-refractivity contribution in [3.05, 3.63) is 76.6 Å². The van der Waals surface area contributed by atoms with Gasteiger partial charge in [0.15, 0.2) is 0 Å². The minimum absolute atomic E-state index is 0.0760. The van der Waals surface area contributed by atoms with Crippen LogP contribution in [0.25, 0.3) is 11.5 Å². The summed E-state index contributed by atoms with van der Waals surface area (Å²) in [7, 11) is 0. The molecule has 0 spiro atoms. The van der Waals surface area contributed by atoms with E-state index < -0.39 is 0 Å². The van der Waals surface area contributed by atoms with Crippen LogP contribution < -0.4 is 5.32 Å². The minimum atomic E-state index is -0.387. The Kier molecular flexibility index (Phi) is 4.75. The molecule has 0 atom stereocenters. The normalized spacial score (nSPS) is 14.7. The van der Waals surface area contributed by atoms with Gasteiger partial charge >= 0.3 is 0 Å². The molecule has 1 amide bonds. The van der Waals surface area contributed by atoms with Crippen LogP contribution in [0.2, 0.25) is 5.02 Å². The highest BCUT2D eigenvalue weighted by Gasteiger charge is 2.50. The van der Waals surface area contributed by atoms with Crippen LogP contribution >= 0.6 is 11.6 Å². The van der Waals surface area contributed by atoms with Crippen LogP contribution in [0.4, 0.5) is 0 Å². The molecule has 138 valence electrons. The first-order valence-corrected chi connectivity index (χ1v) is 9.50. The number of carbonyl (C=O) groups is 1. The van der Waals surface area contributed by atoms with Gasteiger partial charge in [0, 0.05) is 23.6 Å². The molecule has 3 aromatic rings. The van der Waals surface area contributed by atoms with E-state index in [0.29, 0.717) is 23.9 Å². The SMILES string of the molecule is Cc1ccc(-c2nc(CCNC(=O)C3(c4ccc(Cl)cc4)CC3)co2)cc1. The van der Waals surface area contributed by atoms with Crippen LogP contribution in [0.15, 0.2) is 59.2 Å². The molecule has 1 fully saturated rings. The van der Waals surface area contributed by atoms with Crippen molar-refractivity contribution in [3.63, 3.8) is 0 Å². The van der Waals surface area contributed by atoms with Gasteiger partial charge < -0.3 is 9.73 Å². The van der Waals surface area contributed by atoms with Crippen molar-refractivity contribution in [3.8, 4) is 11.5 Å². The largest absolute Gasteiger partial charge is 0.444 e. The molecule has 1 aliphatic rings.